The summed E-state index contributed by atoms with van der Waals surface area (Å²) in [5.74, 6) is -0.568. The molecule has 0 aliphatic carbocycles. The summed E-state index contributed by atoms with van der Waals surface area (Å²) in [6.07, 6.45) is 1.40. The molecule has 5 rings (SSSR count). The molecule has 9 heteroatoms. The average molecular weight is 453 g/mol. The number of aliphatic hydroxyl groups is 1. The van der Waals surface area contributed by atoms with Gasteiger partial charge in [0.25, 0.3) is 5.56 Å². The van der Waals surface area contributed by atoms with E-state index in [0.717, 1.165) is 17.7 Å². The van der Waals surface area contributed by atoms with E-state index in [2.05, 4.69) is 26.4 Å². The summed E-state index contributed by atoms with van der Waals surface area (Å²) in [7, 11) is 0. The second kappa shape index (κ2) is 8.27. The zero-order chi connectivity index (χ0) is 23.3. The molecule has 8 nitrogen and oxygen atoms in total. The van der Waals surface area contributed by atoms with Crippen LogP contribution < -0.4 is 26.8 Å². The number of halogens is 1. The topological polar surface area (TPSA) is 103 Å². The predicted molar refractivity (Wildman–Crippen MR) is 125 cm³/mol. The first-order chi connectivity index (χ1) is 15.8. The first kappa shape index (κ1) is 22.1. The number of hydrogen-bond donors (Lipinski definition) is 5. The SMILES string of the molecule is CC(C)(C)c1cc(F)c2c(=O)n(-c3cccc(C4NC5CNCNC5N4)c3CO)ncc2c1. The van der Waals surface area contributed by atoms with Crippen LogP contribution in [-0.4, -0.2) is 40.3 Å². The van der Waals surface area contributed by atoms with E-state index in [1.807, 2.05) is 39.0 Å². The Balaban J connectivity index is 1.60. The van der Waals surface area contributed by atoms with Crippen LogP contribution in [0.4, 0.5) is 4.39 Å². The lowest BCUT2D eigenvalue weighted by Crippen LogP contribution is -2.58. The summed E-state index contributed by atoms with van der Waals surface area (Å²) < 4.78 is 16.3. The molecule has 3 atom stereocenters. The van der Waals surface area contributed by atoms with Crippen LogP contribution in [-0.2, 0) is 12.0 Å². The van der Waals surface area contributed by atoms with Gasteiger partial charge in [-0.25, -0.2) is 4.39 Å². The Hall–Kier alpha value is -2.69. The van der Waals surface area contributed by atoms with Crippen LogP contribution >= 0.6 is 0 Å². The summed E-state index contributed by atoms with van der Waals surface area (Å²) >= 11 is 0. The van der Waals surface area contributed by atoms with Gasteiger partial charge in [-0.2, -0.15) is 9.78 Å². The number of nitrogens with one attached hydrogen (secondary N) is 4. The van der Waals surface area contributed by atoms with Crippen LogP contribution in [0.1, 0.15) is 43.6 Å². The number of aliphatic hydroxyl groups excluding tert-OH is 1. The van der Waals surface area contributed by atoms with Crippen molar-refractivity contribution in [2.45, 2.75) is 51.2 Å². The lowest BCUT2D eigenvalue weighted by molar-refractivity contribution is 0.278. The Morgan fingerprint density at radius 2 is 2.06 bits per heavy atom. The monoisotopic (exact) mass is 452 g/mol. The van der Waals surface area contributed by atoms with Crippen LogP contribution in [0.25, 0.3) is 16.5 Å². The van der Waals surface area contributed by atoms with E-state index in [9.17, 15) is 9.90 Å². The van der Waals surface area contributed by atoms with Gasteiger partial charge in [-0.1, -0.05) is 32.9 Å². The van der Waals surface area contributed by atoms with E-state index in [1.165, 1.54) is 16.9 Å². The summed E-state index contributed by atoms with van der Waals surface area (Å²) in [4.78, 5) is 13.3. The first-order valence-electron chi connectivity index (χ1n) is 11.2. The quantitative estimate of drug-likeness (QED) is 0.409. The molecule has 0 amide bonds. The highest BCUT2D eigenvalue weighted by Gasteiger charge is 2.36. The highest BCUT2D eigenvalue weighted by molar-refractivity contribution is 5.82. The predicted octanol–water partition coefficient (Wildman–Crippen LogP) is 1.35. The molecule has 3 heterocycles. The fourth-order valence-corrected chi connectivity index (χ4v) is 4.69. The number of hydrogen-bond acceptors (Lipinski definition) is 7. The smallest absolute Gasteiger partial charge is 0.282 e. The minimum Gasteiger partial charge on any atom is -0.392 e. The van der Waals surface area contributed by atoms with Crippen molar-refractivity contribution in [2.75, 3.05) is 13.2 Å². The summed E-state index contributed by atoms with van der Waals surface area (Å²) in [6.45, 7) is 7.23. The largest absolute Gasteiger partial charge is 0.392 e. The first-order valence-corrected chi connectivity index (χ1v) is 11.2. The zero-order valence-corrected chi connectivity index (χ0v) is 18.9. The Labute approximate surface area is 191 Å². The van der Waals surface area contributed by atoms with Crippen LogP contribution in [0, 0.1) is 5.82 Å². The highest BCUT2D eigenvalue weighted by atomic mass is 19.1. The van der Waals surface area contributed by atoms with Gasteiger partial charge in [-0.3, -0.25) is 20.7 Å². The highest BCUT2D eigenvalue weighted by Crippen LogP contribution is 2.29. The van der Waals surface area contributed by atoms with Crippen molar-refractivity contribution in [1.82, 2.24) is 31.0 Å². The normalized spacial score (nSPS) is 23.1. The van der Waals surface area contributed by atoms with Gasteiger partial charge in [0.05, 0.1) is 36.2 Å². The molecular formula is C24H29FN6O2. The molecule has 3 aromatic rings. The minimum atomic E-state index is -0.568. The molecule has 3 unspecified atom stereocenters. The molecule has 2 aromatic carbocycles. The Bertz CT molecular complexity index is 1250. The fraction of sp³-hybridized carbons (Fsp3) is 0.417. The molecule has 1 aromatic heterocycles. The summed E-state index contributed by atoms with van der Waals surface area (Å²) in [6, 6.07) is 8.87. The molecule has 5 N–H and O–H groups in total. The summed E-state index contributed by atoms with van der Waals surface area (Å²) in [5, 5.41) is 28.7. The maximum atomic E-state index is 15.1. The van der Waals surface area contributed by atoms with Crippen molar-refractivity contribution in [3.05, 3.63) is 69.4 Å². The zero-order valence-electron chi connectivity index (χ0n) is 18.9. The number of benzene rings is 2. The molecule has 0 saturated carbocycles. The molecule has 0 bridgehead atoms. The van der Waals surface area contributed by atoms with Crippen molar-refractivity contribution in [3.63, 3.8) is 0 Å². The van der Waals surface area contributed by atoms with Crippen molar-refractivity contribution in [2.24, 2.45) is 0 Å². The minimum absolute atomic E-state index is 0.00861. The standard InChI is InChI=1S/C24H29FN6O2/c1-24(2,3)14-7-13-9-28-31(23(33)20(13)17(25)8-14)19-6-4-5-15(16(19)11-32)21-29-18-10-26-12-27-22(18)30-21/h4-9,18,21-22,26-27,29-30,32H,10-12H2,1-3H3. The van der Waals surface area contributed by atoms with Crippen LogP contribution in [0.5, 0.6) is 0 Å². The van der Waals surface area contributed by atoms with Crippen molar-refractivity contribution >= 4 is 10.8 Å². The van der Waals surface area contributed by atoms with Gasteiger partial charge in [0.15, 0.2) is 0 Å². The van der Waals surface area contributed by atoms with Gasteiger partial charge in [0, 0.05) is 30.2 Å². The molecule has 0 spiro atoms. The molecule has 0 radical (unpaired) electrons. The Morgan fingerprint density at radius 3 is 2.79 bits per heavy atom. The van der Waals surface area contributed by atoms with E-state index in [1.54, 1.807) is 6.07 Å². The number of nitrogens with zero attached hydrogens (tertiary/aromatic N) is 2. The molecular weight excluding hydrogens is 423 g/mol. The Kier molecular flexibility index (Phi) is 5.54. The number of rotatable bonds is 3. The van der Waals surface area contributed by atoms with E-state index in [4.69, 9.17) is 0 Å². The van der Waals surface area contributed by atoms with Gasteiger partial charge in [-0.05, 0) is 34.7 Å². The van der Waals surface area contributed by atoms with Gasteiger partial charge in [0.1, 0.15) is 5.82 Å². The van der Waals surface area contributed by atoms with E-state index < -0.39 is 11.4 Å². The molecule has 2 aliphatic heterocycles. The van der Waals surface area contributed by atoms with Crippen molar-refractivity contribution < 1.29 is 9.50 Å². The molecule has 2 aliphatic rings. The molecule has 2 fully saturated rings. The molecule has 2 saturated heterocycles. The van der Waals surface area contributed by atoms with Crippen LogP contribution in [0.3, 0.4) is 0 Å². The third-order valence-corrected chi connectivity index (χ3v) is 6.53. The molecule has 174 valence electrons. The second-order valence-electron chi connectivity index (χ2n) is 9.72. The number of fused-ring (bicyclic) bond motifs is 2. The van der Waals surface area contributed by atoms with Crippen LogP contribution in [0.15, 0.2) is 41.3 Å². The Morgan fingerprint density at radius 1 is 1.24 bits per heavy atom. The summed E-state index contributed by atoms with van der Waals surface area (Å²) in [5.41, 5.74) is 1.81. The van der Waals surface area contributed by atoms with E-state index >= 15 is 4.39 Å². The van der Waals surface area contributed by atoms with E-state index in [-0.39, 0.29) is 35.8 Å². The van der Waals surface area contributed by atoms with Gasteiger partial charge in [0.2, 0.25) is 0 Å². The van der Waals surface area contributed by atoms with Gasteiger partial charge < -0.3 is 10.4 Å². The van der Waals surface area contributed by atoms with Gasteiger partial charge in [-0.15, -0.1) is 0 Å². The maximum absolute atomic E-state index is 15.1. The number of aromatic nitrogens is 2. The molecule has 33 heavy (non-hydrogen) atoms. The lowest BCUT2D eigenvalue weighted by Gasteiger charge is -2.26. The van der Waals surface area contributed by atoms with E-state index in [0.29, 0.717) is 23.3 Å². The van der Waals surface area contributed by atoms with Crippen molar-refractivity contribution in [1.29, 1.82) is 0 Å². The van der Waals surface area contributed by atoms with Crippen LogP contribution in [0.2, 0.25) is 0 Å². The lowest BCUT2D eigenvalue weighted by atomic mass is 9.86. The fourth-order valence-electron chi connectivity index (χ4n) is 4.69. The average Bonchev–Trinajstić information content (AvgIpc) is 3.22. The third-order valence-electron chi connectivity index (χ3n) is 6.53. The second-order valence-corrected chi connectivity index (χ2v) is 9.72. The maximum Gasteiger partial charge on any atom is 0.282 e. The third kappa shape index (κ3) is 3.85. The van der Waals surface area contributed by atoms with Crippen molar-refractivity contribution in [3.8, 4) is 5.69 Å². The van der Waals surface area contributed by atoms with Gasteiger partial charge >= 0.3 is 0 Å².